The van der Waals surface area contributed by atoms with Gasteiger partial charge >= 0.3 is 0 Å². The summed E-state index contributed by atoms with van der Waals surface area (Å²) in [6, 6.07) is 8.82. The zero-order valence-electron chi connectivity index (χ0n) is 10.8. The number of carbonyl (C=O) groups is 1. The number of carbonyl (C=O) groups excluding carboxylic acids is 1. The fraction of sp³-hybridized carbons (Fsp3) is 0.188. The molecule has 2 aromatic carbocycles. The van der Waals surface area contributed by atoms with Gasteiger partial charge in [-0.15, -0.1) is 0 Å². The zero-order valence-corrected chi connectivity index (χ0v) is 10.8. The Hall–Kier alpha value is -2.03. The van der Waals surface area contributed by atoms with Crippen LogP contribution in [0.25, 0.3) is 0 Å². The van der Waals surface area contributed by atoms with E-state index in [0.717, 1.165) is 28.8 Å². The van der Waals surface area contributed by atoms with Gasteiger partial charge in [0.25, 0.3) is 0 Å². The Labute approximate surface area is 110 Å². The first kappa shape index (κ1) is 13.4. The lowest BCUT2D eigenvalue weighted by atomic mass is 9.97. The average molecular weight is 260 g/mol. The Morgan fingerprint density at radius 2 is 1.79 bits per heavy atom. The maximum Gasteiger partial charge on any atom is 0.170 e. The van der Waals surface area contributed by atoms with Crippen molar-refractivity contribution in [3.8, 4) is 0 Å². The highest BCUT2D eigenvalue weighted by Gasteiger charge is 2.14. The van der Waals surface area contributed by atoms with Crippen LogP contribution in [-0.4, -0.2) is 5.78 Å². The molecule has 2 rings (SSSR count). The minimum absolute atomic E-state index is 0.0673. The highest BCUT2D eigenvalue weighted by molar-refractivity contribution is 5.97. The molecule has 0 unspecified atom stereocenters. The van der Waals surface area contributed by atoms with E-state index in [1.54, 1.807) is 0 Å². The first-order chi connectivity index (χ1) is 8.97. The molecule has 0 saturated heterocycles. The Balaban J connectivity index is 2.28. The maximum absolute atomic E-state index is 13.5. The number of aryl methyl sites for hydroxylation is 2. The van der Waals surface area contributed by atoms with E-state index in [-0.39, 0.29) is 17.8 Å². The van der Waals surface area contributed by atoms with Crippen molar-refractivity contribution in [1.82, 2.24) is 0 Å². The van der Waals surface area contributed by atoms with Crippen LogP contribution in [0.5, 0.6) is 0 Å². The Morgan fingerprint density at radius 1 is 1.05 bits per heavy atom. The van der Waals surface area contributed by atoms with Crippen LogP contribution in [0.4, 0.5) is 8.78 Å². The Kier molecular flexibility index (Phi) is 3.74. The van der Waals surface area contributed by atoms with E-state index in [4.69, 9.17) is 0 Å². The average Bonchev–Trinajstić information content (AvgIpc) is 2.33. The Morgan fingerprint density at radius 3 is 2.47 bits per heavy atom. The number of ketones is 1. The summed E-state index contributed by atoms with van der Waals surface area (Å²) in [5.41, 5.74) is 2.84. The van der Waals surface area contributed by atoms with Gasteiger partial charge in [-0.1, -0.05) is 23.8 Å². The van der Waals surface area contributed by atoms with Crippen molar-refractivity contribution >= 4 is 5.78 Å². The molecule has 3 heteroatoms. The highest BCUT2D eigenvalue weighted by Crippen LogP contribution is 2.16. The summed E-state index contributed by atoms with van der Waals surface area (Å²) in [4.78, 5) is 12.0. The van der Waals surface area contributed by atoms with Crippen LogP contribution in [0.1, 0.15) is 27.0 Å². The molecule has 0 radical (unpaired) electrons. The number of benzene rings is 2. The lowest BCUT2D eigenvalue weighted by Crippen LogP contribution is -2.07. The molecule has 0 amide bonds. The first-order valence-electron chi connectivity index (χ1n) is 6.02. The summed E-state index contributed by atoms with van der Waals surface area (Å²) < 4.78 is 26.3. The standard InChI is InChI=1S/C16H14F2O/c1-10-3-4-11(2)12(7-10)8-16(19)14-6-5-13(17)9-15(14)18/h3-7,9H,8H2,1-2H3. The molecule has 1 nitrogen and oxygen atoms in total. The number of halogens is 2. The normalized spacial score (nSPS) is 10.5. The van der Waals surface area contributed by atoms with E-state index < -0.39 is 11.6 Å². The van der Waals surface area contributed by atoms with Crippen molar-refractivity contribution in [2.75, 3.05) is 0 Å². The molecule has 0 aliphatic carbocycles. The van der Waals surface area contributed by atoms with Crippen molar-refractivity contribution in [3.63, 3.8) is 0 Å². The van der Waals surface area contributed by atoms with Gasteiger partial charge in [0, 0.05) is 12.5 Å². The summed E-state index contributed by atoms with van der Waals surface area (Å²) in [6.07, 6.45) is 0.121. The lowest BCUT2D eigenvalue weighted by Gasteiger charge is -2.07. The van der Waals surface area contributed by atoms with Crippen molar-refractivity contribution in [1.29, 1.82) is 0 Å². The summed E-state index contributed by atoms with van der Waals surface area (Å²) >= 11 is 0. The molecule has 0 spiro atoms. The molecular weight excluding hydrogens is 246 g/mol. The second-order valence-electron chi connectivity index (χ2n) is 4.65. The molecule has 0 aliphatic heterocycles. The van der Waals surface area contributed by atoms with Gasteiger partial charge in [0.1, 0.15) is 11.6 Å². The SMILES string of the molecule is Cc1ccc(C)c(CC(=O)c2ccc(F)cc2F)c1. The van der Waals surface area contributed by atoms with E-state index in [0.29, 0.717) is 0 Å². The molecule has 0 aliphatic rings. The highest BCUT2D eigenvalue weighted by atomic mass is 19.1. The summed E-state index contributed by atoms with van der Waals surface area (Å²) in [5, 5.41) is 0. The summed E-state index contributed by atoms with van der Waals surface area (Å²) in [5.74, 6) is -1.83. The molecule has 0 fully saturated rings. The molecule has 0 bridgehead atoms. The first-order valence-corrected chi connectivity index (χ1v) is 6.02. The van der Waals surface area contributed by atoms with Gasteiger partial charge in [-0.25, -0.2) is 8.78 Å². The number of Topliss-reactive ketones (excluding diaryl/α,β-unsaturated/α-hetero) is 1. The van der Waals surface area contributed by atoms with Crippen molar-refractivity contribution in [2.45, 2.75) is 20.3 Å². The van der Waals surface area contributed by atoms with Crippen LogP contribution in [0.2, 0.25) is 0 Å². The molecule has 0 heterocycles. The molecule has 98 valence electrons. The lowest BCUT2D eigenvalue weighted by molar-refractivity contribution is 0.0989. The molecule has 0 aromatic heterocycles. The number of hydrogen-bond donors (Lipinski definition) is 0. The van der Waals surface area contributed by atoms with Gasteiger partial charge in [-0.05, 0) is 37.1 Å². The van der Waals surface area contributed by atoms with Crippen molar-refractivity contribution in [2.24, 2.45) is 0 Å². The van der Waals surface area contributed by atoms with E-state index in [1.807, 2.05) is 32.0 Å². The molecule has 19 heavy (non-hydrogen) atoms. The Bertz CT molecular complexity index is 633. The predicted molar refractivity (Wildman–Crippen MR) is 70.3 cm³/mol. The van der Waals surface area contributed by atoms with Crippen LogP contribution in [-0.2, 0) is 6.42 Å². The maximum atomic E-state index is 13.5. The van der Waals surface area contributed by atoms with Crippen LogP contribution in [0, 0.1) is 25.5 Å². The van der Waals surface area contributed by atoms with Crippen molar-refractivity contribution in [3.05, 3.63) is 70.3 Å². The molecule has 0 N–H and O–H groups in total. The molecule has 0 saturated carbocycles. The van der Waals surface area contributed by atoms with Gasteiger partial charge in [-0.3, -0.25) is 4.79 Å². The summed E-state index contributed by atoms with van der Waals surface area (Å²) in [6.45, 7) is 3.84. The third-order valence-corrected chi connectivity index (χ3v) is 3.09. The van der Waals surface area contributed by atoms with Crippen molar-refractivity contribution < 1.29 is 13.6 Å². The smallest absolute Gasteiger partial charge is 0.170 e. The van der Waals surface area contributed by atoms with Gasteiger partial charge in [0.2, 0.25) is 0 Å². The largest absolute Gasteiger partial charge is 0.294 e. The van der Waals surface area contributed by atoms with Gasteiger partial charge in [0.05, 0.1) is 5.56 Å². The van der Waals surface area contributed by atoms with E-state index in [1.165, 1.54) is 6.07 Å². The monoisotopic (exact) mass is 260 g/mol. The van der Waals surface area contributed by atoms with Crippen LogP contribution in [0.3, 0.4) is 0 Å². The van der Waals surface area contributed by atoms with Crippen LogP contribution < -0.4 is 0 Å². The van der Waals surface area contributed by atoms with E-state index in [9.17, 15) is 13.6 Å². The number of rotatable bonds is 3. The molecule has 0 atom stereocenters. The minimum atomic E-state index is -0.810. The second-order valence-corrected chi connectivity index (χ2v) is 4.65. The van der Waals surface area contributed by atoms with Crippen LogP contribution in [0.15, 0.2) is 36.4 Å². The fourth-order valence-electron chi connectivity index (χ4n) is 1.97. The second kappa shape index (κ2) is 5.31. The molecule has 2 aromatic rings. The van der Waals surface area contributed by atoms with Crippen LogP contribution >= 0.6 is 0 Å². The predicted octanol–water partition coefficient (Wildman–Crippen LogP) is 4.01. The van der Waals surface area contributed by atoms with Gasteiger partial charge < -0.3 is 0 Å². The molecular formula is C16H14F2O. The van der Waals surface area contributed by atoms with E-state index in [2.05, 4.69) is 0 Å². The number of hydrogen-bond acceptors (Lipinski definition) is 1. The third kappa shape index (κ3) is 3.05. The van der Waals surface area contributed by atoms with Gasteiger partial charge in [0.15, 0.2) is 5.78 Å². The summed E-state index contributed by atoms with van der Waals surface area (Å²) in [7, 11) is 0. The van der Waals surface area contributed by atoms with Gasteiger partial charge in [-0.2, -0.15) is 0 Å². The fourth-order valence-corrected chi connectivity index (χ4v) is 1.97. The quantitative estimate of drug-likeness (QED) is 0.762. The third-order valence-electron chi connectivity index (χ3n) is 3.09. The van der Waals surface area contributed by atoms with E-state index >= 15 is 0 Å². The minimum Gasteiger partial charge on any atom is -0.294 e. The zero-order chi connectivity index (χ0) is 14.0. The topological polar surface area (TPSA) is 17.1 Å².